The monoisotopic (exact) mass is 683 g/mol. The number of hydrogen-bond acceptors (Lipinski definition) is 2. The summed E-state index contributed by atoms with van der Waals surface area (Å²) in [5.74, 6) is 0. The third-order valence-electron chi connectivity index (χ3n) is 11.2. The van der Waals surface area contributed by atoms with Gasteiger partial charge in [-0.3, -0.25) is 0 Å². The fourth-order valence-corrected chi connectivity index (χ4v) is 9.30. The zero-order valence-electron chi connectivity index (χ0n) is 28.0. The van der Waals surface area contributed by atoms with Crippen LogP contribution in [0.4, 0.5) is 11.4 Å². The summed E-state index contributed by atoms with van der Waals surface area (Å²) in [6.45, 7) is 0. The summed E-state index contributed by atoms with van der Waals surface area (Å²) in [5.41, 5.74) is 17.8. The molecule has 52 heavy (non-hydrogen) atoms. The zero-order valence-corrected chi connectivity index (χ0v) is 28.8. The van der Waals surface area contributed by atoms with Gasteiger partial charge in [-0.05, 0) is 92.0 Å². The van der Waals surface area contributed by atoms with E-state index in [1.165, 1.54) is 44.5 Å². The molecule has 1 heterocycles. The Kier molecular flexibility index (Phi) is 6.26. The molecule has 9 aromatic rings. The van der Waals surface area contributed by atoms with Gasteiger partial charge in [-0.2, -0.15) is 0 Å². The van der Waals surface area contributed by atoms with Crippen LogP contribution < -0.4 is 5.32 Å². The molecule has 0 saturated carbocycles. The lowest BCUT2D eigenvalue weighted by molar-refractivity contribution is 0.669. The molecule has 2 aliphatic rings. The Morgan fingerprint density at radius 2 is 0.962 bits per heavy atom. The number of fused-ring (bicyclic) bond motifs is 13. The first-order valence-electron chi connectivity index (χ1n) is 17.7. The predicted molar refractivity (Wildman–Crippen MR) is 216 cm³/mol. The molecule has 2 nitrogen and oxygen atoms in total. The van der Waals surface area contributed by atoms with E-state index in [-0.39, 0.29) is 0 Å². The average Bonchev–Trinajstić information content (AvgIpc) is 3.82. The van der Waals surface area contributed by atoms with E-state index in [2.05, 4.69) is 175 Å². The maximum absolute atomic E-state index is 7.51. The van der Waals surface area contributed by atoms with E-state index in [9.17, 15) is 0 Å². The lowest BCUT2D eigenvalue weighted by atomic mass is 9.70. The molecule has 0 radical (unpaired) electrons. The molecule has 2 aliphatic carbocycles. The lowest BCUT2D eigenvalue weighted by Crippen LogP contribution is -2.25. The van der Waals surface area contributed by atoms with Crippen LogP contribution in [0, 0.1) is 0 Å². The van der Waals surface area contributed by atoms with Crippen molar-refractivity contribution >= 4 is 44.9 Å². The molecule has 0 fully saturated rings. The molecule has 244 valence electrons. The first-order chi connectivity index (χ1) is 25.7. The summed E-state index contributed by atoms with van der Waals surface area (Å²) in [4.78, 5) is 0. The van der Waals surface area contributed by atoms with Crippen molar-refractivity contribution < 1.29 is 4.42 Å². The maximum atomic E-state index is 7.51. The summed E-state index contributed by atoms with van der Waals surface area (Å²) < 4.78 is 6.36. The van der Waals surface area contributed by atoms with Gasteiger partial charge in [0.25, 0.3) is 0 Å². The summed E-state index contributed by atoms with van der Waals surface area (Å²) in [5, 5.41) is 6.60. The molecule has 11 rings (SSSR count). The second kappa shape index (κ2) is 11.1. The van der Waals surface area contributed by atoms with Crippen molar-refractivity contribution in [2.45, 2.75) is 5.41 Å². The highest BCUT2D eigenvalue weighted by Gasteiger charge is 2.52. The molecule has 1 N–H and O–H groups in total. The molecule has 8 aromatic carbocycles. The molecule has 0 atom stereocenters. The van der Waals surface area contributed by atoms with Crippen molar-refractivity contribution in [1.29, 1.82) is 0 Å². The zero-order chi connectivity index (χ0) is 34.4. The van der Waals surface area contributed by atoms with Crippen LogP contribution in [-0.4, -0.2) is 0 Å². The van der Waals surface area contributed by atoms with Crippen molar-refractivity contribution in [2.75, 3.05) is 5.32 Å². The van der Waals surface area contributed by atoms with Crippen LogP contribution in [0.3, 0.4) is 0 Å². The van der Waals surface area contributed by atoms with Gasteiger partial charge < -0.3 is 9.73 Å². The smallest absolute Gasteiger partial charge is 0.137 e. The number of nitrogens with one attached hydrogen (secondary N) is 1. The molecule has 0 aliphatic heterocycles. The fraction of sp³-hybridized carbons (Fsp3) is 0.0204. The van der Waals surface area contributed by atoms with Gasteiger partial charge in [-0.1, -0.05) is 145 Å². The van der Waals surface area contributed by atoms with E-state index < -0.39 is 5.41 Å². The van der Waals surface area contributed by atoms with Crippen LogP contribution in [0.1, 0.15) is 22.3 Å². The standard InChI is InChI=1S/C49H30ClNO/c50-48-35(26-27-44-47(48)40-14-6-9-17-43(40)49(44)41-15-7-4-12-36(41)37-13-5-8-16-42(37)49)31-18-21-33(22-19-31)51-34-23-25-39-38-24-20-32(30-10-2-1-3-11-30)28-45(38)52-46(39)29-34/h1-29,51H. The van der Waals surface area contributed by atoms with Gasteiger partial charge in [-0.25, -0.2) is 0 Å². The van der Waals surface area contributed by atoms with Crippen molar-refractivity contribution in [1.82, 2.24) is 0 Å². The molecule has 0 amide bonds. The number of benzene rings is 8. The van der Waals surface area contributed by atoms with Gasteiger partial charge in [0.2, 0.25) is 0 Å². The SMILES string of the molecule is Clc1c(-c2ccc(Nc3ccc4c(c3)oc3cc(-c5ccccc5)ccc34)cc2)ccc2c1-c1ccccc1C21c2ccccc2-c2ccccc21. The van der Waals surface area contributed by atoms with E-state index in [0.717, 1.165) is 60.6 Å². The third kappa shape index (κ3) is 4.07. The number of rotatable bonds is 4. The Hall–Kier alpha value is -6.35. The van der Waals surface area contributed by atoms with E-state index in [0.29, 0.717) is 0 Å². The highest BCUT2D eigenvalue weighted by atomic mass is 35.5. The molecular formula is C49H30ClNO. The molecular weight excluding hydrogens is 654 g/mol. The maximum Gasteiger partial charge on any atom is 0.137 e. The molecule has 1 spiro atoms. The van der Waals surface area contributed by atoms with Crippen molar-refractivity contribution in [3.8, 4) is 44.5 Å². The third-order valence-corrected chi connectivity index (χ3v) is 11.6. The van der Waals surface area contributed by atoms with E-state index in [1.807, 2.05) is 6.07 Å². The van der Waals surface area contributed by atoms with E-state index in [1.54, 1.807) is 0 Å². The van der Waals surface area contributed by atoms with Gasteiger partial charge in [-0.15, -0.1) is 0 Å². The largest absolute Gasteiger partial charge is 0.456 e. The number of furan rings is 1. The second-order valence-corrected chi connectivity index (χ2v) is 14.2. The minimum absolute atomic E-state index is 0.403. The number of hydrogen-bond donors (Lipinski definition) is 1. The fourth-order valence-electron chi connectivity index (χ4n) is 8.93. The van der Waals surface area contributed by atoms with Gasteiger partial charge in [0.1, 0.15) is 11.2 Å². The summed E-state index contributed by atoms with van der Waals surface area (Å²) in [6, 6.07) is 62.7. The van der Waals surface area contributed by atoms with Crippen molar-refractivity contribution in [3.63, 3.8) is 0 Å². The Bertz CT molecular complexity index is 2840. The van der Waals surface area contributed by atoms with E-state index in [4.69, 9.17) is 16.0 Å². The average molecular weight is 684 g/mol. The van der Waals surface area contributed by atoms with Crippen molar-refractivity contribution in [3.05, 3.63) is 203 Å². The van der Waals surface area contributed by atoms with Gasteiger partial charge in [0.05, 0.1) is 10.4 Å². The first-order valence-corrected chi connectivity index (χ1v) is 18.1. The van der Waals surface area contributed by atoms with Crippen LogP contribution in [0.5, 0.6) is 0 Å². The quantitative estimate of drug-likeness (QED) is 0.200. The highest BCUT2D eigenvalue weighted by Crippen LogP contribution is 2.64. The van der Waals surface area contributed by atoms with Crippen LogP contribution >= 0.6 is 11.6 Å². The topological polar surface area (TPSA) is 25.2 Å². The minimum atomic E-state index is -0.403. The van der Waals surface area contributed by atoms with Gasteiger partial charge in [0.15, 0.2) is 0 Å². The van der Waals surface area contributed by atoms with Gasteiger partial charge in [0, 0.05) is 39.3 Å². The highest BCUT2D eigenvalue weighted by molar-refractivity contribution is 6.37. The second-order valence-electron chi connectivity index (χ2n) is 13.8. The van der Waals surface area contributed by atoms with Crippen molar-refractivity contribution in [2.24, 2.45) is 0 Å². The molecule has 0 unspecified atom stereocenters. The Balaban J connectivity index is 0.944. The van der Waals surface area contributed by atoms with Crippen LogP contribution in [0.15, 0.2) is 180 Å². The minimum Gasteiger partial charge on any atom is -0.456 e. The van der Waals surface area contributed by atoms with Crippen LogP contribution in [-0.2, 0) is 5.41 Å². The van der Waals surface area contributed by atoms with Gasteiger partial charge >= 0.3 is 0 Å². The molecule has 1 aromatic heterocycles. The molecule has 0 saturated heterocycles. The predicted octanol–water partition coefficient (Wildman–Crippen LogP) is 13.7. The molecule has 3 heteroatoms. The van der Waals surface area contributed by atoms with E-state index >= 15 is 0 Å². The number of anilines is 2. The Morgan fingerprint density at radius 1 is 0.404 bits per heavy atom. The Morgan fingerprint density at radius 3 is 1.67 bits per heavy atom. The molecule has 0 bridgehead atoms. The normalized spacial score (nSPS) is 13.2. The Labute approximate surface area is 306 Å². The summed E-state index contributed by atoms with van der Waals surface area (Å²) in [6.07, 6.45) is 0. The van der Waals surface area contributed by atoms with Crippen LogP contribution in [0.25, 0.3) is 66.4 Å². The summed E-state index contributed by atoms with van der Waals surface area (Å²) in [7, 11) is 0. The first kappa shape index (κ1) is 29.4. The number of halogens is 1. The lowest BCUT2D eigenvalue weighted by Gasteiger charge is -2.30. The van der Waals surface area contributed by atoms with Crippen LogP contribution in [0.2, 0.25) is 5.02 Å². The summed E-state index contributed by atoms with van der Waals surface area (Å²) >= 11 is 7.51.